The molecule has 2 N–H and O–H groups in total. The van der Waals surface area contributed by atoms with Gasteiger partial charge in [-0.3, -0.25) is 0 Å². The molecule has 1 aromatic carbocycles. The highest BCUT2D eigenvalue weighted by Gasteiger charge is 2.07. The molecule has 80 valence electrons. The number of oxazole rings is 1. The van der Waals surface area contributed by atoms with Crippen molar-refractivity contribution < 1.29 is 4.42 Å². The van der Waals surface area contributed by atoms with Gasteiger partial charge in [-0.25, -0.2) is 4.98 Å². The monoisotopic (exact) mass is 204 g/mol. The lowest BCUT2D eigenvalue weighted by Gasteiger charge is -1.99. The number of nitrogens with zero attached hydrogens (tertiary/aromatic N) is 1. The summed E-state index contributed by atoms with van der Waals surface area (Å²) in [5.74, 6) is 0.789. The molecule has 0 aliphatic rings. The van der Waals surface area contributed by atoms with E-state index in [4.69, 9.17) is 10.2 Å². The normalized spacial score (nSPS) is 13.3. The molecule has 0 saturated carbocycles. The van der Waals surface area contributed by atoms with E-state index in [0.717, 1.165) is 35.4 Å². The number of hydrogen-bond donors (Lipinski definition) is 1. The Morgan fingerprint density at radius 3 is 2.93 bits per heavy atom. The molecule has 0 fully saturated rings. The lowest BCUT2D eigenvalue weighted by Crippen LogP contribution is -2.15. The van der Waals surface area contributed by atoms with Crippen molar-refractivity contribution in [1.82, 2.24) is 4.98 Å². The average Bonchev–Trinajstić information content (AvgIpc) is 2.59. The number of benzene rings is 1. The van der Waals surface area contributed by atoms with Crippen molar-refractivity contribution in [2.75, 3.05) is 0 Å². The Morgan fingerprint density at radius 1 is 1.47 bits per heavy atom. The fourth-order valence-electron chi connectivity index (χ4n) is 1.59. The Bertz CT molecular complexity index is 460. The summed E-state index contributed by atoms with van der Waals surface area (Å²) in [6.45, 7) is 4.04. The summed E-state index contributed by atoms with van der Waals surface area (Å²) >= 11 is 0. The number of hydrogen-bond acceptors (Lipinski definition) is 3. The third kappa shape index (κ3) is 2.18. The van der Waals surface area contributed by atoms with Gasteiger partial charge in [0.15, 0.2) is 11.5 Å². The van der Waals surface area contributed by atoms with Crippen LogP contribution in [0.5, 0.6) is 0 Å². The Hall–Kier alpha value is -1.35. The van der Waals surface area contributed by atoms with Gasteiger partial charge in [0.2, 0.25) is 0 Å². The van der Waals surface area contributed by atoms with Crippen molar-refractivity contribution in [3.63, 3.8) is 0 Å². The van der Waals surface area contributed by atoms with Gasteiger partial charge in [-0.2, -0.15) is 0 Å². The molecule has 2 rings (SSSR count). The second kappa shape index (κ2) is 4.03. The maximum atomic E-state index is 5.69. The molecule has 0 radical (unpaired) electrons. The van der Waals surface area contributed by atoms with Gasteiger partial charge >= 0.3 is 0 Å². The van der Waals surface area contributed by atoms with Crippen LogP contribution in [-0.2, 0) is 6.42 Å². The molecule has 1 unspecified atom stereocenters. The van der Waals surface area contributed by atoms with Gasteiger partial charge < -0.3 is 10.2 Å². The number of rotatable bonds is 3. The Balaban J connectivity index is 2.27. The van der Waals surface area contributed by atoms with Crippen LogP contribution in [0.3, 0.4) is 0 Å². The molecule has 0 aliphatic carbocycles. The quantitative estimate of drug-likeness (QED) is 0.835. The molecule has 0 spiro atoms. The van der Waals surface area contributed by atoms with E-state index in [2.05, 4.69) is 4.98 Å². The van der Waals surface area contributed by atoms with Crippen LogP contribution in [0.4, 0.5) is 0 Å². The number of nitrogens with two attached hydrogens (primary N) is 1. The molecule has 3 nitrogen and oxygen atoms in total. The standard InChI is InChI=1S/C12H16N2O/c1-8-4-3-5-10-12(8)14-11(15-10)7-6-9(2)13/h3-5,9H,6-7,13H2,1-2H3. The number of aryl methyl sites for hydroxylation is 2. The fourth-order valence-corrected chi connectivity index (χ4v) is 1.59. The predicted octanol–water partition coefficient (Wildman–Crippen LogP) is 2.42. The third-order valence-corrected chi connectivity index (χ3v) is 2.48. The van der Waals surface area contributed by atoms with Gasteiger partial charge in [0, 0.05) is 12.5 Å². The predicted molar refractivity (Wildman–Crippen MR) is 60.7 cm³/mol. The van der Waals surface area contributed by atoms with E-state index in [1.807, 2.05) is 32.0 Å². The molecular weight excluding hydrogens is 188 g/mol. The summed E-state index contributed by atoms with van der Waals surface area (Å²) in [4.78, 5) is 4.46. The Morgan fingerprint density at radius 2 is 2.27 bits per heavy atom. The molecule has 3 heteroatoms. The minimum absolute atomic E-state index is 0.195. The second-order valence-corrected chi connectivity index (χ2v) is 4.05. The topological polar surface area (TPSA) is 52.0 Å². The van der Waals surface area contributed by atoms with Crippen LogP contribution in [0.2, 0.25) is 0 Å². The zero-order chi connectivity index (χ0) is 10.8. The maximum Gasteiger partial charge on any atom is 0.195 e. The smallest absolute Gasteiger partial charge is 0.195 e. The zero-order valence-electron chi connectivity index (χ0n) is 9.16. The van der Waals surface area contributed by atoms with Crippen molar-refractivity contribution in [2.24, 2.45) is 5.73 Å². The SMILES string of the molecule is Cc1cccc2oc(CCC(C)N)nc12. The first-order valence-corrected chi connectivity index (χ1v) is 5.27. The summed E-state index contributed by atoms with van der Waals surface area (Å²) in [6, 6.07) is 6.17. The van der Waals surface area contributed by atoms with Crippen molar-refractivity contribution in [3.05, 3.63) is 29.7 Å². The molecule has 1 atom stereocenters. The summed E-state index contributed by atoms with van der Waals surface area (Å²) in [6.07, 6.45) is 1.72. The van der Waals surface area contributed by atoms with Crippen molar-refractivity contribution >= 4 is 11.1 Å². The van der Waals surface area contributed by atoms with Crippen LogP contribution >= 0.6 is 0 Å². The van der Waals surface area contributed by atoms with Crippen LogP contribution in [0.25, 0.3) is 11.1 Å². The largest absolute Gasteiger partial charge is 0.441 e. The van der Waals surface area contributed by atoms with Crippen LogP contribution in [0.1, 0.15) is 24.8 Å². The molecule has 0 amide bonds. The van der Waals surface area contributed by atoms with E-state index in [9.17, 15) is 0 Å². The van der Waals surface area contributed by atoms with E-state index in [0.29, 0.717) is 0 Å². The lowest BCUT2D eigenvalue weighted by molar-refractivity contribution is 0.504. The summed E-state index contributed by atoms with van der Waals surface area (Å²) in [7, 11) is 0. The summed E-state index contributed by atoms with van der Waals surface area (Å²) < 4.78 is 5.63. The molecule has 0 saturated heterocycles. The van der Waals surface area contributed by atoms with E-state index in [1.54, 1.807) is 0 Å². The highest BCUT2D eigenvalue weighted by Crippen LogP contribution is 2.19. The van der Waals surface area contributed by atoms with Crippen molar-refractivity contribution in [2.45, 2.75) is 32.7 Å². The molecular formula is C12H16N2O. The molecule has 2 aromatic rings. The maximum absolute atomic E-state index is 5.69. The van der Waals surface area contributed by atoms with Gasteiger partial charge in [-0.05, 0) is 31.9 Å². The minimum Gasteiger partial charge on any atom is -0.441 e. The van der Waals surface area contributed by atoms with Gasteiger partial charge in [-0.1, -0.05) is 12.1 Å². The first kappa shape index (κ1) is 10.2. The Labute approximate surface area is 89.3 Å². The molecule has 15 heavy (non-hydrogen) atoms. The van der Waals surface area contributed by atoms with Gasteiger partial charge in [-0.15, -0.1) is 0 Å². The zero-order valence-corrected chi connectivity index (χ0v) is 9.16. The molecule has 1 heterocycles. The van der Waals surface area contributed by atoms with Gasteiger partial charge in [0.25, 0.3) is 0 Å². The van der Waals surface area contributed by atoms with Crippen LogP contribution in [0, 0.1) is 6.92 Å². The minimum atomic E-state index is 0.195. The van der Waals surface area contributed by atoms with E-state index in [-0.39, 0.29) is 6.04 Å². The highest BCUT2D eigenvalue weighted by molar-refractivity contribution is 5.76. The Kier molecular flexibility index (Phi) is 2.73. The highest BCUT2D eigenvalue weighted by atomic mass is 16.3. The second-order valence-electron chi connectivity index (χ2n) is 4.05. The van der Waals surface area contributed by atoms with Crippen molar-refractivity contribution in [3.8, 4) is 0 Å². The average molecular weight is 204 g/mol. The van der Waals surface area contributed by atoms with Crippen molar-refractivity contribution in [1.29, 1.82) is 0 Å². The molecule has 0 aliphatic heterocycles. The van der Waals surface area contributed by atoms with Gasteiger partial charge in [0.05, 0.1) is 0 Å². The van der Waals surface area contributed by atoms with Crippen LogP contribution < -0.4 is 5.73 Å². The third-order valence-electron chi connectivity index (χ3n) is 2.48. The first-order chi connectivity index (χ1) is 7.16. The number of fused-ring (bicyclic) bond motifs is 1. The molecule has 0 bridgehead atoms. The van der Waals surface area contributed by atoms with Gasteiger partial charge in [0.1, 0.15) is 5.52 Å². The number of aromatic nitrogens is 1. The first-order valence-electron chi connectivity index (χ1n) is 5.27. The number of para-hydroxylation sites is 1. The lowest BCUT2D eigenvalue weighted by atomic mass is 10.2. The fraction of sp³-hybridized carbons (Fsp3) is 0.417. The van der Waals surface area contributed by atoms with Crippen LogP contribution in [0.15, 0.2) is 22.6 Å². The molecule has 1 aromatic heterocycles. The summed E-state index contributed by atoms with van der Waals surface area (Å²) in [5.41, 5.74) is 8.69. The van der Waals surface area contributed by atoms with Crippen LogP contribution in [-0.4, -0.2) is 11.0 Å². The van der Waals surface area contributed by atoms with E-state index >= 15 is 0 Å². The van der Waals surface area contributed by atoms with E-state index < -0.39 is 0 Å². The van der Waals surface area contributed by atoms with E-state index in [1.165, 1.54) is 0 Å². The summed E-state index contributed by atoms with van der Waals surface area (Å²) in [5, 5.41) is 0.